The standard InChI is InChI=1S/C19H22N2O4/c1-13(19(22)21-23)24-10-4-5-11-25-14-8-9-16-15-6-2-3-7-17(15)20-18(16)12-14/h2-3,6-9,12-13,20,23H,4-5,10-11H2,1H3,(H,21,22). The summed E-state index contributed by atoms with van der Waals surface area (Å²) in [5, 5.41) is 10.9. The summed E-state index contributed by atoms with van der Waals surface area (Å²) in [6.45, 7) is 2.62. The van der Waals surface area contributed by atoms with Crippen LogP contribution in [0.15, 0.2) is 42.5 Å². The number of aromatic amines is 1. The SMILES string of the molecule is CC(OCCCCOc1ccc2c(c1)[nH]c1ccccc12)C(=O)NO. The largest absolute Gasteiger partial charge is 0.494 e. The van der Waals surface area contributed by atoms with E-state index in [2.05, 4.69) is 23.2 Å². The van der Waals surface area contributed by atoms with E-state index in [-0.39, 0.29) is 0 Å². The Hall–Kier alpha value is -2.57. The molecular formula is C19H22N2O4. The van der Waals surface area contributed by atoms with E-state index < -0.39 is 12.0 Å². The van der Waals surface area contributed by atoms with Crippen molar-refractivity contribution in [2.24, 2.45) is 0 Å². The number of fused-ring (bicyclic) bond motifs is 3. The number of hydrogen-bond acceptors (Lipinski definition) is 4. The van der Waals surface area contributed by atoms with Crippen LogP contribution in [-0.4, -0.2) is 35.4 Å². The van der Waals surface area contributed by atoms with E-state index in [1.165, 1.54) is 10.8 Å². The summed E-state index contributed by atoms with van der Waals surface area (Å²) in [7, 11) is 0. The molecule has 0 aliphatic heterocycles. The monoisotopic (exact) mass is 342 g/mol. The number of ether oxygens (including phenoxy) is 2. The Morgan fingerprint density at radius 3 is 2.72 bits per heavy atom. The average molecular weight is 342 g/mol. The maximum Gasteiger partial charge on any atom is 0.272 e. The van der Waals surface area contributed by atoms with Gasteiger partial charge in [-0.25, -0.2) is 5.48 Å². The number of unbranched alkanes of at least 4 members (excludes halogenated alkanes) is 1. The van der Waals surface area contributed by atoms with Gasteiger partial charge in [0.05, 0.1) is 12.1 Å². The third kappa shape index (κ3) is 4.10. The average Bonchev–Trinajstić information content (AvgIpc) is 3.01. The first-order chi connectivity index (χ1) is 12.2. The predicted molar refractivity (Wildman–Crippen MR) is 95.9 cm³/mol. The highest BCUT2D eigenvalue weighted by atomic mass is 16.5. The van der Waals surface area contributed by atoms with Crippen molar-refractivity contribution in [2.75, 3.05) is 13.2 Å². The molecule has 0 aliphatic carbocycles. The molecule has 1 unspecified atom stereocenters. The van der Waals surface area contributed by atoms with Gasteiger partial charge in [-0.2, -0.15) is 0 Å². The zero-order valence-corrected chi connectivity index (χ0v) is 14.1. The molecule has 0 aliphatic rings. The van der Waals surface area contributed by atoms with Gasteiger partial charge in [-0.05, 0) is 38.0 Å². The van der Waals surface area contributed by atoms with Gasteiger partial charge in [-0.15, -0.1) is 0 Å². The first kappa shape index (κ1) is 17.3. The van der Waals surface area contributed by atoms with Gasteiger partial charge in [-0.3, -0.25) is 10.0 Å². The van der Waals surface area contributed by atoms with Gasteiger partial charge in [0.25, 0.3) is 5.91 Å². The third-order valence-corrected chi connectivity index (χ3v) is 4.13. The Morgan fingerprint density at radius 2 is 1.88 bits per heavy atom. The summed E-state index contributed by atoms with van der Waals surface area (Å²) in [5.41, 5.74) is 3.75. The molecule has 1 heterocycles. The van der Waals surface area contributed by atoms with Gasteiger partial charge in [0.15, 0.2) is 0 Å². The van der Waals surface area contributed by atoms with Gasteiger partial charge >= 0.3 is 0 Å². The van der Waals surface area contributed by atoms with E-state index in [0.29, 0.717) is 13.2 Å². The summed E-state index contributed by atoms with van der Waals surface area (Å²) in [5.74, 6) is 0.288. The number of carbonyl (C=O) groups excluding carboxylic acids is 1. The van der Waals surface area contributed by atoms with Crippen LogP contribution in [0, 0.1) is 0 Å². The normalized spacial score (nSPS) is 12.4. The lowest BCUT2D eigenvalue weighted by Gasteiger charge is -2.11. The van der Waals surface area contributed by atoms with Crippen LogP contribution in [0.3, 0.4) is 0 Å². The Bertz CT molecular complexity index is 859. The van der Waals surface area contributed by atoms with E-state index in [1.807, 2.05) is 24.3 Å². The first-order valence-corrected chi connectivity index (χ1v) is 8.38. The molecule has 25 heavy (non-hydrogen) atoms. The minimum absolute atomic E-state index is 0.443. The van der Waals surface area contributed by atoms with Crippen LogP contribution >= 0.6 is 0 Å². The highest BCUT2D eigenvalue weighted by Gasteiger charge is 2.11. The number of amides is 1. The Morgan fingerprint density at radius 1 is 1.12 bits per heavy atom. The molecule has 0 radical (unpaired) electrons. The molecule has 3 N–H and O–H groups in total. The van der Waals surface area contributed by atoms with Gasteiger partial charge < -0.3 is 14.5 Å². The zero-order valence-electron chi connectivity index (χ0n) is 14.1. The van der Waals surface area contributed by atoms with E-state index >= 15 is 0 Å². The van der Waals surface area contributed by atoms with Crippen LogP contribution in [0.5, 0.6) is 5.75 Å². The van der Waals surface area contributed by atoms with Gasteiger partial charge in [0.1, 0.15) is 11.9 Å². The summed E-state index contributed by atoms with van der Waals surface area (Å²) in [4.78, 5) is 14.5. The summed E-state index contributed by atoms with van der Waals surface area (Å²) < 4.78 is 11.1. The van der Waals surface area contributed by atoms with E-state index in [4.69, 9.17) is 14.7 Å². The minimum atomic E-state index is -0.657. The number of rotatable bonds is 8. The van der Waals surface area contributed by atoms with Crippen LogP contribution in [-0.2, 0) is 9.53 Å². The molecule has 3 aromatic rings. The van der Waals surface area contributed by atoms with Crippen LogP contribution in [0.25, 0.3) is 21.8 Å². The molecule has 0 spiro atoms. The fourth-order valence-electron chi connectivity index (χ4n) is 2.74. The summed E-state index contributed by atoms with van der Waals surface area (Å²) in [6, 6.07) is 14.3. The molecule has 6 nitrogen and oxygen atoms in total. The number of para-hydroxylation sites is 1. The van der Waals surface area contributed by atoms with Crippen molar-refractivity contribution in [1.82, 2.24) is 10.5 Å². The molecule has 1 aromatic heterocycles. The number of hydroxylamine groups is 1. The lowest BCUT2D eigenvalue weighted by atomic mass is 10.1. The zero-order chi connectivity index (χ0) is 17.6. The third-order valence-electron chi connectivity index (χ3n) is 4.13. The number of benzene rings is 2. The fraction of sp³-hybridized carbons (Fsp3) is 0.316. The second-order valence-corrected chi connectivity index (χ2v) is 5.92. The van der Waals surface area contributed by atoms with Crippen LogP contribution in [0.1, 0.15) is 19.8 Å². The molecule has 3 rings (SSSR count). The quantitative estimate of drug-likeness (QED) is 0.333. The molecule has 2 aromatic carbocycles. The molecule has 0 saturated heterocycles. The van der Waals surface area contributed by atoms with Crippen molar-refractivity contribution in [3.05, 3.63) is 42.5 Å². The summed E-state index contributed by atoms with van der Waals surface area (Å²) >= 11 is 0. The number of nitrogens with one attached hydrogen (secondary N) is 2. The van der Waals surface area contributed by atoms with Crippen LogP contribution in [0.2, 0.25) is 0 Å². The molecule has 0 fully saturated rings. The van der Waals surface area contributed by atoms with Crippen molar-refractivity contribution < 1.29 is 19.5 Å². The fourth-order valence-corrected chi connectivity index (χ4v) is 2.74. The lowest BCUT2D eigenvalue weighted by molar-refractivity contribution is -0.140. The molecule has 132 valence electrons. The first-order valence-electron chi connectivity index (χ1n) is 8.38. The van der Waals surface area contributed by atoms with Crippen molar-refractivity contribution in [3.63, 3.8) is 0 Å². The van der Waals surface area contributed by atoms with Gasteiger partial charge in [0.2, 0.25) is 0 Å². The predicted octanol–water partition coefficient (Wildman–Crippen LogP) is 3.39. The topological polar surface area (TPSA) is 83.6 Å². The van der Waals surface area contributed by atoms with Crippen molar-refractivity contribution in [3.8, 4) is 5.75 Å². The van der Waals surface area contributed by atoms with Crippen LogP contribution in [0.4, 0.5) is 0 Å². The molecule has 1 atom stereocenters. The van der Waals surface area contributed by atoms with Gasteiger partial charge in [0, 0.05) is 29.0 Å². The Balaban J connectivity index is 1.47. The van der Waals surface area contributed by atoms with Gasteiger partial charge in [-0.1, -0.05) is 18.2 Å². The number of aromatic nitrogens is 1. The maximum absolute atomic E-state index is 11.1. The molecule has 0 saturated carbocycles. The molecule has 6 heteroatoms. The van der Waals surface area contributed by atoms with Crippen molar-refractivity contribution in [2.45, 2.75) is 25.9 Å². The highest BCUT2D eigenvalue weighted by Crippen LogP contribution is 2.28. The number of H-pyrrole nitrogens is 1. The van der Waals surface area contributed by atoms with Crippen LogP contribution < -0.4 is 10.2 Å². The highest BCUT2D eigenvalue weighted by molar-refractivity contribution is 6.07. The van der Waals surface area contributed by atoms with E-state index in [1.54, 1.807) is 12.4 Å². The maximum atomic E-state index is 11.1. The summed E-state index contributed by atoms with van der Waals surface area (Å²) in [6.07, 6.45) is 0.936. The van der Waals surface area contributed by atoms with E-state index in [0.717, 1.165) is 29.6 Å². The Labute approximate surface area is 145 Å². The van der Waals surface area contributed by atoms with Crippen molar-refractivity contribution in [1.29, 1.82) is 0 Å². The number of hydrogen-bond donors (Lipinski definition) is 3. The van der Waals surface area contributed by atoms with Crippen molar-refractivity contribution >= 4 is 27.7 Å². The molecule has 1 amide bonds. The number of carbonyl (C=O) groups is 1. The smallest absolute Gasteiger partial charge is 0.272 e. The minimum Gasteiger partial charge on any atom is -0.494 e. The van der Waals surface area contributed by atoms with E-state index in [9.17, 15) is 4.79 Å². The Kier molecular flexibility index (Phi) is 5.53. The molecule has 0 bridgehead atoms. The lowest BCUT2D eigenvalue weighted by Crippen LogP contribution is -2.32. The second kappa shape index (κ2) is 8.00. The molecular weight excluding hydrogens is 320 g/mol. The second-order valence-electron chi connectivity index (χ2n) is 5.92.